The van der Waals surface area contributed by atoms with E-state index in [0.717, 1.165) is 35.7 Å². The molecule has 2 atom stereocenters. The highest BCUT2D eigenvalue weighted by Crippen LogP contribution is 2.36. The number of oxazole rings is 1. The van der Waals surface area contributed by atoms with Gasteiger partial charge in [-0.05, 0) is 49.6 Å². The van der Waals surface area contributed by atoms with Crippen molar-refractivity contribution in [3.63, 3.8) is 0 Å². The summed E-state index contributed by atoms with van der Waals surface area (Å²) >= 11 is 0. The number of carbonyl (C=O) groups excluding carboxylic acids is 1. The molecule has 1 aliphatic heterocycles. The van der Waals surface area contributed by atoms with Crippen molar-refractivity contribution < 1.29 is 18.7 Å². The van der Waals surface area contributed by atoms with Crippen molar-refractivity contribution >= 4 is 6.09 Å². The van der Waals surface area contributed by atoms with Gasteiger partial charge in [-0.2, -0.15) is 0 Å². The number of aromatic nitrogens is 1. The number of rotatable bonds is 7. The number of aryl methyl sites for hydroxylation is 1. The minimum absolute atomic E-state index is 0.225. The van der Waals surface area contributed by atoms with Crippen LogP contribution in [0.25, 0.3) is 11.5 Å². The van der Waals surface area contributed by atoms with Crippen LogP contribution in [0.2, 0.25) is 0 Å². The van der Waals surface area contributed by atoms with E-state index in [4.69, 9.17) is 13.9 Å². The first-order chi connectivity index (χ1) is 15.6. The lowest BCUT2D eigenvalue weighted by Gasteiger charge is -2.17. The van der Waals surface area contributed by atoms with Gasteiger partial charge in [0.15, 0.2) is 0 Å². The molecule has 1 fully saturated rings. The van der Waals surface area contributed by atoms with Crippen LogP contribution >= 0.6 is 0 Å². The molecule has 0 saturated carbocycles. The summed E-state index contributed by atoms with van der Waals surface area (Å²) in [6.45, 7) is 8.04. The molecule has 4 rings (SSSR count). The topological polar surface area (TPSA) is 64.8 Å². The van der Waals surface area contributed by atoms with Crippen LogP contribution in [-0.2, 0) is 11.3 Å². The van der Waals surface area contributed by atoms with Gasteiger partial charge in [0.1, 0.15) is 23.8 Å². The number of nitrogens with zero attached hydrogens (tertiary/aromatic N) is 2. The average Bonchev–Trinajstić information content (AvgIpc) is 3.42. The van der Waals surface area contributed by atoms with E-state index in [1.165, 1.54) is 5.56 Å². The lowest BCUT2D eigenvalue weighted by molar-refractivity contribution is 0.114. The fourth-order valence-electron chi connectivity index (χ4n) is 4.28. The third kappa shape index (κ3) is 4.79. The van der Waals surface area contributed by atoms with E-state index >= 15 is 0 Å². The molecule has 1 aliphatic rings. The summed E-state index contributed by atoms with van der Waals surface area (Å²) in [5.74, 6) is 2.82. The van der Waals surface area contributed by atoms with E-state index in [0.29, 0.717) is 31.6 Å². The van der Waals surface area contributed by atoms with Crippen LogP contribution in [0, 0.1) is 12.8 Å². The summed E-state index contributed by atoms with van der Waals surface area (Å²) in [6, 6.07) is 18.0. The monoisotopic (exact) mass is 434 g/mol. The Morgan fingerprint density at radius 2 is 1.94 bits per heavy atom. The summed E-state index contributed by atoms with van der Waals surface area (Å²) in [5.41, 5.74) is 2.92. The van der Waals surface area contributed by atoms with Gasteiger partial charge in [-0.15, -0.1) is 0 Å². The Bertz CT molecular complexity index is 1050. The lowest BCUT2D eigenvalue weighted by atomic mass is 9.87. The van der Waals surface area contributed by atoms with E-state index in [-0.39, 0.29) is 12.0 Å². The lowest BCUT2D eigenvalue weighted by Crippen LogP contribution is -2.29. The summed E-state index contributed by atoms with van der Waals surface area (Å²) in [5, 5.41) is 0. The van der Waals surface area contributed by atoms with Gasteiger partial charge in [0.2, 0.25) is 5.89 Å². The standard InChI is InChI=1S/C26H30N2O4/c1-4-19-15-28(26(29)30-5-2)16-23(19)21-12-9-13-22(14-21)31-17-24-18(3)32-25(27-24)20-10-7-6-8-11-20/h6-14,19,23H,4-5,15-17H2,1-3H3/t19-,23+/m0/s1. The van der Waals surface area contributed by atoms with Gasteiger partial charge < -0.3 is 18.8 Å². The zero-order valence-electron chi connectivity index (χ0n) is 18.9. The first-order valence-electron chi connectivity index (χ1n) is 11.2. The largest absolute Gasteiger partial charge is 0.487 e. The second-order valence-corrected chi connectivity index (χ2v) is 8.13. The highest BCUT2D eigenvalue weighted by atomic mass is 16.6. The first kappa shape index (κ1) is 21.9. The SMILES string of the molecule is CCOC(=O)N1C[C@H](CC)[C@H](c2cccc(OCc3nc(-c4ccccc4)oc3C)c2)C1. The molecule has 1 saturated heterocycles. The molecule has 6 heteroatoms. The van der Waals surface area contributed by atoms with Crippen LogP contribution in [0.4, 0.5) is 4.79 Å². The van der Waals surface area contributed by atoms with E-state index in [1.54, 1.807) is 0 Å². The molecule has 3 aromatic rings. The molecule has 0 aliphatic carbocycles. The molecule has 1 aromatic heterocycles. The van der Waals surface area contributed by atoms with E-state index in [2.05, 4.69) is 24.0 Å². The Kier molecular flexibility index (Phi) is 6.78. The normalized spacial score (nSPS) is 18.0. The number of carbonyl (C=O) groups is 1. The Morgan fingerprint density at radius 1 is 1.12 bits per heavy atom. The molecule has 0 radical (unpaired) electrons. The second kappa shape index (κ2) is 9.90. The minimum Gasteiger partial charge on any atom is -0.487 e. The quantitative estimate of drug-likeness (QED) is 0.469. The van der Waals surface area contributed by atoms with Gasteiger partial charge in [0.05, 0.1) is 6.61 Å². The molecule has 6 nitrogen and oxygen atoms in total. The van der Waals surface area contributed by atoms with Crippen LogP contribution in [0.5, 0.6) is 5.75 Å². The van der Waals surface area contributed by atoms with Gasteiger partial charge in [0, 0.05) is 24.6 Å². The molecule has 0 bridgehead atoms. The van der Waals surface area contributed by atoms with Crippen LogP contribution < -0.4 is 4.74 Å². The van der Waals surface area contributed by atoms with Crippen LogP contribution in [-0.4, -0.2) is 35.7 Å². The van der Waals surface area contributed by atoms with Gasteiger partial charge in [0.25, 0.3) is 0 Å². The molecule has 1 amide bonds. The van der Waals surface area contributed by atoms with Gasteiger partial charge in [-0.25, -0.2) is 9.78 Å². The number of amides is 1. The molecule has 0 N–H and O–H groups in total. The Hall–Kier alpha value is -3.28. The predicted molar refractivity (Wildman–Crippen MR) is 123 cm³/mol. The third-order valence-electron chi connectivity index (χ3n) is 6.07. The summed E-state index contributed by atoms with van der Waals surface area (Å²) in [7, 11) is 0. The van der Waals surface area contributed by atoms with Gasteiger partial charge in [-0.3, -0.25) is 0 Å². The number of benzene rings is 2. The predicted octanol–water partition coefficient (Wildman–Crippen LogP) is 5.81. The number of hydrogen-bond acceptors (Lipinski definition) is 5. The summed E-state index contributed by atoms with van der Waals surface area (Å²) in [6.07, 6.45) is 0.781. The fourth-order valence-corrected chi connectivity index (χ4v) is 4.28. The number of hydrogen-bond donors (Lipinski definition) is 0. The Morgan fingerprint density at radius 3 is 2.69 bits per heavy atom. The van der Waals surface area contributed by atoms with Gasteiger partial charge >= 0.3 is 6.09 Å². The summed E-state index contributed by atoms with van der Waals surface area (Å²) in [4.78, 5) is 18.6. The van der Waals surface area contributed by atoms with E-state index < -0.39 is 0 Å². The first-order valence-corrected chi connectivity index (χ1v) is 11.2. The van der Waals surface area contributed by atoms with E-state index in [1.807, 2.05) is 61.2 Å². The third-order valence-corrected chi connectivity index (χ3v) is 6.07. The average molecular weight is 435 g/mol. The minimum atomic E-state index is -0.225. The summed E-state index contributed by atoms with van der Waals surface area (Å²) < 4.78 is 17.1. The molecule has 2 aromatic carbocycles. The van der Waals surface area contributed by atoms with Crippen molar-refractivity contribution in [3.8, 4) is 17.2 Å². The smallest absolute Gasteiger partial charge is 0.409 e. The van der Waals surface area contributed by atoms with Crippen molar-refractivity contribution in [3.05, 3.63) is 71.6 Å². The van der Waals surface area contributed by atoms with Crippen LogP contribution in [0.3, 0.4) is 0 Å². The Labute approximate surface area is 189 Å². The zero-order chi connectivity index (χ0) is 22.5. The van der Waals surface area contributed by atoms with Crippen molar-refractivity contribution in [2.75, 3.05) is 19.7 Å². The molecule has 168 valence electrons. The van der Waals surface area contributed by atoms with Crippen molar-refractivity contribution in [2.24, 2.45) is 5.92 Å². The Balaban J connectivity index is 1.45. The number of ether oxygens (including phenoxy) is 2. The molecule has 2 heterocycles. The van der Waals surface area contributed by atoms with Crippen LogP contribution in [0.1, 0.15) is 43.2 Å². The van der Waals surface area contributed by atoms with Crippen LogP contribution in [0.15, 0.2) is 59.0 Å². The highest BCUT2D eigenvalue weighted by Gasteiger charge is 2.35. The fraction of sp³-hybridized carbons (Fsp3) is 0.385. The zero-order valence-corrected chi connectivity index (χ0v) is 18.9. The van der Waals surface area contributed by atoms with Crippen molar-refractivity contribution in [1.29, 1.82) is 0 Å². The molecular weight excluding hydrogens is 404 g/mol. The van der Waals surface area contributed by atoms with Crippen molar-refractivity contribution in [1.82, 2.24) is 9.88 Å². The maximum absolute atomic E-state index is 12.2. The highest BCUT2D eigenvalue weighted by molar-refractivity contribution is 5.68. The molecule has 0 spiro atoms. The maximum atomic E-state index is 12.2. The van der Waals surface area contributed by atoms with E-state index in [9.17, 15) is 4.79 Å². The van der Waals surface area contributed by atoms with Gasteiger partial charge in [-0.1, -0.05) is 43.7 Å². The maximum Gasteiger partial charge on any atom is 0.409 e. The molecule has 0 unspecified atom stereocenters. The second-order valence-electron chi connectivity index (χ2n) is 8.13. The van der Waals surface area contributed by atoms with Crippen molar-refractivity contribution in [2.45, 2.75) is 39.7 Å². The number of likely N-dealkylation sites (tertiary alicyclic amines) is 1. The molecular formula is C26H30N2O4. The molecule has 32 heavy (non-hydrogen) atoms.